The maximum Gasteiger partial charge on any atom is 0.308 e. The average Bonchev–Trinajstić information content (AvgIpc) is 2.18. The van der Waals surface area contributed by atoms with Crippen molar-refractivity contribution < 1.29 is 14.3 Å². The zero-order valence-corrected chi connectivity index (χ0v) is 7.69. The van der Waals surface area contributed by atoms with Crippen LogP contribution in [0.15, 0.2) is 36.4 Å². The Morgan fingerprint density at radius 1 is 1.36 bits per heavy atom. The Kier molecular flexibility index (Phi) is 3.61. The first-order valence-corrected chi connectivity index (χ1v) is 4.05. The van der Waals surface area contributed by atoms with Crippen molar-refractivity contribution in [2.75, 3.05) is 0 Å². The molecular weight excluding hydrogens is 180 g/mol. The first-order chi connectivity index (χ1) is 6.74. The third-order valence-electron chi connectivity index (χ3n) is 1.50. The lowest BCUT2D eigenvalue weighted by Crippen LogP contribution is -1.98. The van der Waals surface area contributed by atoms with Gasteiger partial charge in [0.2, 0.25) is 6.29 Å². The van der Waals surface area contributed by atoms with Crippen LogP contribution >= 0.6 is 0 Å². The van der Waals surface area contributed by atoms with Crippen LogP contribution < -0.4 is 0 Å². The SMILES string of the molecule is CC(=O)OC(=C[C]=O)c1ccccc1. The van der Waals surface area contributed by atoms with Crippen LogP contribution in [0, 0.1) is 0 Å². The van der Waals surface area contributed by atoms with Gasteiger partial charge >= 0.3 is 5.97 Å². The molecule has 0 heterocycles. The number of hydrogen-bond donors (Lipinski definition) is 0. The summed E-state index contributed by atoms with van der Waals surface area (Å²) in [7, 11) is 0. The standard InChI is InChI=1S/C11H9O3/c1-9(13)14-11(7-8-12)10-5-3-2-4-6-10/h2-7H,1H3. The summed E-state index contributed by atoms with van der Waals surface area (Å²) >= 11 is 0. The molecule has 71 valence electrons. The molecule has 0 unspecified atom stereocenters. The Hall–Kier alpha value is -1.90. The normalized spacial score (nSPS) is 10.8. The molecular formula is C11H9O3. The molecule has 0 N–H and O–H groups in total. The summed E-state index contributed by atoms with van der Waals surface area (Å²) in [5.41, 5.74) is 0.672. The number of rotatable bonds is 3. The lowest BCUT2D eigenvalue weighted by Gasteiger charge is -2.04. The monoisotopic (exact) mass is 189 g/mol. The average molecular weight is 189 g/mol. The second-order valence-electron chi connectivity index (χ2n) is 2.59. The summed E-state index contributed by atoms with van der Waals surface area (Å²) in [6, 6.07) is 8.90. The maximum atomic E-state index is 10.7. The van der Waals surface area contributed by atoms with E-state index in [1.807, 2.05) is 6.07 Å². The summed E-state index contributed by atoms with van der Waals surface area (Å²) in [4.78, 5) is 20.9. The lowest BCUT2D eigenvalue weighted by molar-refractivity contribution is -0.134. The van der Waals surface area contributed by atoms with Crippen molar-refractivity contribution in [1.82, 2.24) is 0 Å². The Labute approximate surface area is 82.0 Å². The highest BCUT2D eigenvalue weighted by atomic mass is 16.5. The van der Waals surface area contributed by atoms with E-state index in [-0.39, 0.29) is 5.76 Å². The zero-order valence-electron chi connectivity index (χ0n) is 7.69. The minimum atomic E-state index is -0.463. The molecule has 1 radical (unpaired) electrons. The second-order valence-corrected chi connectivity index (χ2v) is 2.59. The molecule has 0 spiro atoms. The van der Waals surface area contributed by atoms with Crippen molar-refractivity contribution in [2.24, 2.45) is 0 Å². The fourth-order valence-electron chi connectivity index (χ4n) is 0.983. The maximum absolute atomic E-state index is 10.7. The molecule has 0 bridgehead atoms. The fraction of sp³-hybridized carbons (Fsp3) is 0.0909. The van der Waals surface area contributed by atoms with Gasteiger partial charge in [-0.15, -0.1) is 0 Å². The minimum absolute atomic E-state index is 0.216. The van der Waals surface area contributed by atoms with Gasteiger partial charge < -0.3 is 4.74 Å². The van der Waals surface area contributed by atoms with Crippen LogP contribution in [0.2, 0.25) is 0 Å². The van der Waals surface area contributed by atoms with E-state index < -0.39 is 5.97 Å². The highest BCUT2D eigenvalue weighted by molar-refractivity contribution is 5.84. The van der Waals surface area contributed by atoms with E-state index in [0.717, 1.165) is 6.08 Å². The van der Waals surface area contributed by atoms with Gasteiger partial charge in [-0.25, -0.2) is 0 Å². The Morgan fingerprint density at radius 2 is 2.00 bits per heavy atom. The van der Waals surface area contributed by atoms with Crippen molar-refractivity contribution in [3.05, 3.63) is 42.0 Å². The van der Waals surface area contributed by atoms with Crippen molar-refractivity contribution in [3.63, 3.8) is 0 Å². The summed E-state index contributed by atoms with van der Waals surface area (Å²) in [5, 5.41) is 0. The van der Waals surface area contributed by atoms with Crippen molar-refractivity contribution >= 4 is 18.0 Å². The minimum Gasteiger partial charge on any atom is -0.426 e. The molecule has 0 fully saturated rings. The van der Waals surface area contributed by atoms with Crippen LogP contribution in [0.3, 0.4) is 0 Å². The molecule has 14 heavy (non-hydrogen) atoms. The number of esters is 1. The van der Waals surface area contributed by atoms with E-state index in [9.17, 15) is 9.59 Å². The molecule has 3 heteroatoms. The van der Waals surface area contributed by atoms with Crippen LogP contribution in [0.1, 0.15) is 12.5 Å². The third kappa shape index (κ3) is 2.86. The van der Waals surface area contributed by atoms with E-state index in [1.165, 1.54) is 6.92 Å². The Morgan fingerprint density at radius 3 is 2.50 bits per heavy atom. The first-order valence-electron chi connectivity index (χ1n) is 4.05. The van der Waals surface area contributed by atoms with Crippen LogP contribution in [0.25, 0.3) is 5.76 Å². The number of hydrogen-bond acceptors (Lipinski definition) is 3. The molecule has 1 aromatic carbocycles. The number of benzene rings is 1. The molecule has 0 aromatic heterocycles. The van der Waals surface area contributed by atoms with Crippen LogP contribution in [0.5, 0.6) is 0 Å². The van der Waals surface area contributed by atoms with Crippen molar-refractivity contribution in [3.8, 4) is 0 Å². The largest absolute Gasteiger partial charge is 0.426 e. The molecule has 1 rings (SSSR count). The highest BCUT2D eigenvalue weighted by Crippen LogP contribution is 2.14. The van der Waals surface area contributed by atoms with Gasteiger partial charge in [-0.05, 0) is 0 Å². The number of allylic oxidation sites excluding steroid dienone is 1. The van der Waals surface area contributed by atoms with Crippen molar-refractivity contribution in [2.45, 2.75) is 6.92 Å². The number of ether oxygens (including phenoxy) is 1. The van der Waals surface area contributed by atoms with E-state index in [0.29, 0.717) is 5.56 Å². The van der Waals surface area contributed by atoms with Gasteiger partial charge in [0, 0.05) is 18.6 Å². The molecule has 0 amide bonds. The molecule has 0 atom stereocenters. The summed E-state index contributed by atoms with van der Waals surface area (Å²) in [6.45, 7) is 1.28. The third-order valence-corrected chi connectivity index (χ3v) is 1.50. The molecule has 1 aromatic rings. The van der Waals surface area contributed by atoms with Crippen LogP contribution in [-0.4, -0.2) is 12.3 Å². The number of carbonyl (C=O) groups is 1. The topological polar surface area (TPSA) is 43.4 Å². The molecule has 3 nitrogen and oxygen atoms in total. The first kappa shape index (κ1) is 10.2. The van der Waals surface area contributed by atoms with E-state index in [2.05, 4.69) is 0 Å². The van der Waals surface area contributed by atoms with Gasteiger partial charge in [0.05, 0.1) is 0 Å². The van der Waals surface area contributed by atoms with Crippen molar-refractivity contribution in [1.29, 1.82) is 0 Å². The smallest absolute Gasteiger partial charge is 0.308 e. The Balaban J connectivity index is 2.95. The molecule has 0 aliphatic heterocycles. The predicted octanol–water partition coefficient (Wildman–Crippen LogP) is 1.70. The predicted molar refractivity (Wildman–Crippen MR) is 51.9 cm³/mol. The van der Waals surface area contributed by atoms with Gasteiger partial charge in [0.25, 0.3) is 0 Å². The van der Waals surface area contributed by atoms with Gasteiger partial charge in [-0.1, -0.05) is 30.3 Å². The van der Waals surface area contributed by atoms with Crippen LogP contribution in [0.4, 0.5) is 0 Å². The fourth-order valence-corrected chi connectivity index (χ4v) is 0.983. The van der Waals surface area contributed by atoms with Gasteiger partial charge in [-0.3, -0.25) is 9.59 Å². The zero-order chi connectivity index (χ0) is 10.4. The summed E-state index contributed by atoms with van der Waals surface area (Å²) in [6.07, 6.45) is 2.68. The van der Waals surface area contributed by atoms with Gasteiger partial charge in [0.15, 0.2) is 0 Å². The molecule has 0 saturated heterocycles. The Bertz CT molecular complexity index is 352. The second kappa shape index (κ2) is 4.97. The lowest BCUT2D eigenvalue weighted by atomic mass is 10.2. The number of carbonyl (C=O) groups excluding carboxylic acids is 2. The highest BCUT2D eigenvalue weighted by Gasteiger charge is 2.04. The van der Waals surface area contributed by atoms with E-state index in [1.54, 1.807) is 30.6 Å². The summed E-state index contributed by atoms with van der Waals surface area (Å²) < 4.78 is 4.84. The molecule has 0 aliphatic carbocycles. The van der Waals surface area contributed by atoms with Crippen LogP contribution in [-0.2, 0) is 14.3 Å². The van der Waals surface area contributed by atoms with E-state index >= 15 is 0 Å². The van der Waals surface area contributed by atoms with Gasteiger partial charge in [0.1, 0.15) is 5.76 Å². The van der Waals surface area contributed by atoms with E-state index in [4.69, 9.17) is 4.74 Å². The summed E-state index contributed by atoms with van der Waals surface area (Å²) in [5.74, 6) is -0.247. The molecule has 0 saturated carbocycles. The molecule has 0 aliphatic rings. The van der Waals surface area contributed by atoms with Gasteiger partial charge in [-0.2, -0.15) is 0 Å². The quantitative estimate of drug-likeness (QED) is 0.413.